The quantitative estimate of drug-likeness (QED) is 0.649. The lowest BCUT2D eigenvalue weighted by Crippen LogP contribution is -2.03. The summed E-state index contributed by atoms with van der Waals surface area (Å²) in [5.74, 6) is -0.376. The Bertz CT molecular complexity index is 400. The van der Waals surface area contributed by atoms with E-state index in [1.165, 1.54) is 26.1 Å². The number of carbonyl (C=O) groups is 1. The van der Waals surface area contributed by atoms with Gasteiger partial charge in [0, 0.05) is 5.25 Å². The molecular weight excluding hydrogens is 224 g/mol. The van der Waals surface area contributed by atoms with Crippen LogP contribution < -0.4 is 0 Å². The van der Waals surface area contributed by atoms with Crippen LogP contribution in [-0.2, 0) is 4.74 Å². The van der Waals surface area contributed by atoms with Crippen LogP contribution >= 0.6 is 11.8 Å². The molecule has 2 rings (SSSR count). The topological polar surface area (TPSA) is 55.0 Å². The second-order valence-electron chi connectivity index (χ2n) is 3.61. The lowest BCUT2D eigenvalue weighted by Gasteiger charge is -2.13. The minimum Gasteiger partial charge on any atom is -0.464 e. The van der Waals surface area contributed by atoms with Gasteiger partial charge in [-0.1, -0.05) is 23.9 Å². The number of ether oxygens (including phenoxy) is 1. The Morgan fingerprint density at radius 3 is 3.25 bits per heavy atom. The van der Waals surface area contributed by atoms with Crippen LogP contribution in [0.2, 0.25) is 0 Å². The van der Waals surface area contributed by atoms with Crippen LogP contribution in [0.4, 0.5) is 0 Å². The Morgan fingerprint density at radius 1 is 1.69 bits per heavy atom. The van der Waals surface area contributed by atoms with Crippen molar-refractivity contribution in [3.8, 4) is 0 Å². The average Bonchev–Trinajstić information content (AvgIpc) is 2.78. The molecular formula is C11H14N2O2S. The van der Waals surface area contributed by atoms with Crippen LogP contribution in [0, 0.1) is 0 Å². The van der Waals surface area contributed by atoms with Crippen LogP contribution in [0.5, 0.6) is 0 Å². The van der Waals surface area contributed by atoms with E-state index in [4.69, 9.17) is 0 Å². The van der Waals surface area contributed by atoms with Crippen molar-refractivity contribution in [2.45, 2.75) is 29.7 Å². The van der Waals surface area contributed by atoms with E-state index in [0.717, 1.165) is 11.6 Å². The first-order valence-electron chi connectivity index (χ1n) is 5.26. The number of allylic oxidation sites excluding steroid dienone is 1. The maximum atomic E-state index is 11.2. The normalized spacial score (nSPS) is 19.7. The highest BCUT2D eigenvalue weighted by Crippen LogP contribution is 2.27. The standard InChI is InChI=1S/C11H14N2O2S/c1-15-10(14)9-7-12-11(13-9)16-8-5-3-2-4-6-8/h3,5,7-8H,2,4,6H2,1H3,(H,12,13)/t8-/m0/s1. The molecule has 5 heteroatoms. The van der Waals surface area contributed by atoms with E-state index in [1.54, 1.807) is 11.8 Å². The summed E-state index contributed by atoms with van der Waals surface area (Å²) in [6.07, 6.45) is 9.47. The molecule has 4 nitrogen and oxygen atoms in total. The molecule has 0 unspecified atom stereocenters. The molecule has 1 N–H and O–H groups in total. The van der Waals surface area contributed by atoms with Gasteiger partial charge in [-0.15, -0.1) is 0 Å². The fourth-order valence-electron chi connectivity index (χ4n) is 1.60. The summed E-state index contributed by atoms with van der Waals surface area (Å²) in [6.45, 7) is 0. The molecule has 0 saturated heterocycles. The fourth-order valence-corrected chi connectivity index (χ4v) is 2.64. The Balaban J connectivity index is 1.99. The summed E-state index contributed by atoms with van der Waals surface area (Å²) in [5.41, 5.74) is 0.407. The largest absolute Gasteiger partial charge is 0.464 e. The van der Waals surface area contributed by atoms with Crippen molar-refractivity contribution < 1.29 is 9.53 Å². The zero-order chi connectivity index (χ0) is 11.4. The van der Waals surface area contributed by atoms with Gasteiger partial charge in [-0.2, -0.15) is 0 Å². The number of methoxy groups -OCH3 is 1. The van der Waals surface area contributed by atoms with Gasteiger partial charge in [0.1, 0.15) is 5.69 Å². The average molecular weight is 238 g/mol. The van der Waals surface area contributed by atoms with Crippen LogP contribution in [0.1, 0.15) is 29.8 Å². The van der Waals surface area contributed by atoms with Crippen molar-refractivity contribution in [2.24, 2.45) is 0 Å². The highest BCUT2D eigenvalue weighted by Gasteiger charge is 2.14. The van der Waals surface area contributed by atoms with Gasteiger partial charge in [-0.05, 0) is 19.3 Å². The van der Waals surface area contributed by atoms with Gasteiger partial charge in [-0.3, -0.25) is 0 Å². The minimum absolute atomic E-state index is 0.376. The van der Waals surface area contributed by atoms with Crippen molar-refractivity contribution in [3.63, 3.8) is 0 Å². The summed E-state index contributed by atoms with van der Waals surface area (Å²) in [4.78, 5) is 18.3. The molecule has 0 amide bonds. The van der Waals surface area contributed by atoms with E-state index >= 15 is 0 Å². The van der Waals surface area contributed by atoms with Crippen LogP contribution in [0.25, 0.3) is 0 Å². The van der Waals surface area contributed by atoms with E-state index in [0.29, 0.717) is 10.9 Å². The van der Waals surface area contributed by atoms with Gasteiger partial charge < -0.3 is 9.72 Å². The highest BCUT2D eigenvalue weighted by molar-refractivity contribution is 7.99. The Kier molecular flexibility index (Phi) is 3.66. The molecule has 16 heavy (non-hydrogen) atoms. The van der Waals surface area contributed by atoms with Gasteiger partial charge >= 0.3 is 5.97 Å². The number of carbonyl (C=O) groups excluding carboxylic acids is 1. The zero-order valence-corrected chi connectivity index (χ0v) is 9.92. The van der Waals surface area contributed by atoms with Crippen molar-refractivity contribution in [1.82, 2.24) is 9.97 Å². The van der Waals surface area contributed by atoms with E-state index in [2.05, 4.69) is 26.9 Å². The lowest BCUT2D eigenvalue weighted by atomic mass is 10.1. The maximum absolute atomic E-state index is 11.2. The number of thioether (sulfide) groups is 1. The zero-order valence-electron chi connectivity index (χ0n) is 9.10. The van der Waals surface area contributed by atoms with Gasteiger partial charge in [0.15, 0.2) is 5.16 Å². The number of imidazole rings is 1. The number of esters is 1. The first-order valence-corrected chi connectivity index (χ1v) is 6.14. The van der Waals surface area contributed by atoms with E-state index in [9.17, 15) is 4.79 Å². The summed E-state index contributed by atoms with van der Waals surface area (Å²) in [6, 6.07) is 0. The predicted octanol–water partition coefficient (Wildman–Crippen LogP) is 2.40. The van der Waals surface area contributed by atoms with Crippen molar-refractivity contribution in [3.05, 3.63) is 24.0 Å². The number of nitrogens with one attached hydrogen (secondary N) is 1. The Labute approximate surface area is 98.5 Å². The molecule has 0 radical (unpaired) electrons. The van der Waals surface area contributed by atoms with E-state index < -0.39 is 0 Å². The monoisotopic (exact) mass is 238 g/mol. The van der Waals surface area contributed by atoms with Crippen LogP contribution in [-0.4, -0.2) is 28.3 Å². The van der Waals surface area contributed by atoms with Gasteiger partial charge in [-0.25, -0.2) is 9.78 Å². The smallest absolute Gasteiger partial charge is 0.356 e. The number of aromatic nitrogens is 2. The summed E-state index contributed by atoms with van der Waals surface area (Å²) in [5, 5.41) is 1.24. The molecule has 86 valence electrons. The van der Waals surface area contributed by atoms with E-state index in [-0.39, 0.29) is 5.97 Å². The van der Waals surface area contributed by atoms with Crippen molar-refractivity contribution in [2.75, 3.05) is 7.11 Å². The van der Waals surface area contributed by atoms with Gasteiger partial charge in [0.25, 0.3) is 0 Å². The second-order valence-corrected chi connectivity index (χ2v) is 4.84. The highest BCUT2D eigenvalue weighted by atomic mass is 32.2. The summed E-state index contributed by atoms with van der Waals surface area (Å²) >= 11 is 1.65. The Morgan fingerprint density at radius 2 is 2.56 bits per heavy atom. The fraction of sp³-hybridized carbons (Fsp3) is 0.455. The molecule has 1 aromatic heterocycles. The number of hydrogen-bond acceptors (Lipinski definition) is 4. The van der Waals surface area contributed by atoms with E-state index in [1.807, 2.05) is 0 Å². The molecule has 0 aromatic carbocycles. The van der Waals surface area contributed by atoms with Crippen molar-refractivity contribution in [1.29, 1.82) is 0 Å². The maximum Gasteiger partial charge on any atom is 0.356 e. The number of nitrogens with zero attached hydrogens (tertiary/aromatic N) is 1. The SMILES string of the molecule is COC(=O)c1cnc(S[C@H]2C=CCCC2)[nH]1. The molecule has 0 saturated carbocycles. The third-order valence-electron chi connectivity index (χ3n) is 2.43. The molecule has 1 aromatic rings. The number of H-pyrrole nitrogens is 1. The molecule has 1 aliphatic carbocycles. The lowest BCUT2D eigenvalue weighted by molar-refractivity contribution is 0.0594. The number of hydrogen-bond donors (Lipinski definition) is 1. The summed E-state index contributed by atoms with van der Waals surface area (Å²) in [7, 11) is 1.36. The Hall–Kier alpha value is -1.23. The minimum atomic E-state index is -0.376. The summed E-state index contributed by atoms with van der Waals surface area (Å²) < 4.78 is 4.61. The number of rotatable bonds is 3. The van der Waals surface area contributed by atoms with Crippen molar-refractivity contribution >= 4 is 17.7 Å². The molecule has 0 spiro atoms. The van der Waals surface area contributed by atoms with Gasteiger partial charge in [0.2, 0.25) is 0 Å². The molecule has 1 atom stereocenters. The third kappa shape index (κ3) is 2.66. The van der Waals surface area contributed by atoms with Crippen LogP contribution in [0.3, 0.4) is 0 Å². The molecule has 1 heterocycles. The molecule has 0 fully saturated rings. The third-order valence-corrected chi connectivity index (χ3v) is 3.56. The second kappa shape index (κ2) is 5.21. The first-order chi connectivity index (χ1) is 7.79. The molecule has 1 aliphatic rings. The van der Waals surface area contributed by atoms with Gasteiger partial charge in [0.05, 0.1) is 13.3 Å². The molecule has 0 bridgehead atoms. The molecule has 0 aliphatic heterocycles. The number of aromatic amines is 1. The van der Waals surface area contributed by atoms with Crippen LogP contribution in [0.15, 0.2) is 23.5 Å². The first kappa shape index (κ1) is 11.3. The predicted molar refractivity (Wildman–Crippen MR) is 62.6 cm³/mol.